The number of rotatable bonds is 9. The predicted molar refractivity (Wildman–Crippen MR) is 133 cm³/mol. The Morgan fingerprint density at radius 2 is 1.81 bits per heavy atom. The number of nitrogens with zero attached hydrogens (tertiary/aromatic N) is 5. The van der Waals surface area contributed by atoms with Crippen LogP contribution in [0, 0.1) is 29.9 Å². The second-order valence-corrected chi connectivity index (χ2v) is 8.89. The highest BCUT2D eigenvalue weighted by Crippen LogP contribution is 2.30. The van der Waals surface area contributed by atoms with Gasteiger partial charge < -0.3 is 9.64 Å². The summed E-state index contributed by atoms with van der Waals surface area (Å²) in [5, 5.41) is 13.2. The third kappa shape index (κ3) is 5.81. The minimum absolute atomic E-state index is 0.0113. The lowest BCUT2D eigenvalue weighted by Crippen LogP contribution is -2.21. The van der Waals surface area contributed by atoms with Crippen molar-refractivity contribution >= 4 is 6.41 Å². The largest absolute Gasteiger partial charge is 0.433 e. The molecule has 37 heavy (non-hydrogen) atoms. The normalized spacial score (nSPS) is 10.8. The van der Waals surface area contributed by atoms with Crippen LogP contribution in [0.2, 0.25) is 0 Å². The highest BCUT2D eigenvalue weighted by atomic mass is 19.1. The third-order valence-electron chi connectivity index (χ3n) is 5.92. The van der Waals surface area contributed by atoms with Gasteiger partial charge in [-0.1, -0.05) is 24.3 Å². The van der Waals surface area contributed by atoms with Gasteiger partial charge in [-0.2, -0.15) is 10.4 Å². The zero-order valence-corrected chi connectivity index (χ0v) is 20.7. The fraction of sp³-hybridized carbons (Fsp3) is 0.214. The fourth-order valence-electron chi connectivity index (χ4n) is 3.80. The average Bonchev–Trinajstić information content (AvgIpc) is 3.39. The lowest BCUT2D eigenvalue weighted by atomic mass is 10.1. The van der Waals surface area contributed by atoms with Crippen LogP contribution in [0.3, 0.4) is 0 Å². The van der Waals surface area contributed by atoms with E-state index in [1.165, 1.54) is 6.20 Å². The molecule has 1 amide bonds. The van der Waals surface area contributed by atoms with Crippen LogP contribution in [0.4, 0.5) is 8.78 Å². The Morgan fingerprint density at radius 3 is 2.41 bits per heavy atom. The van der Waals surface area contributed by atoms with Crippen LogP contribution in [-0.4, -0.2) is 26.1 Å². The van der Waals surface area contributed by atoms with Crippen molar-refractivity contribution in [3.63, 3.8) is 0 Å². The summed E-state index contributed by atoms with van der Waals surface area (Å²) in [6, 6.07) is 13.4. The Kier molecular flexibility index (Phi) is 7.58. The summed E-state index contributed by atoms with van der Waals surface area (Å²) in [7, 11) is 0. The molecular weight excluding hydrogens is 476 g/mol. The maximum Gasteiger partial charge on any atom is 0.222 e. The smallest absolute Gasteiger partial charge is 0.222 e. The number of hydrogen-bond donors (Lipinski definition) is 0. The second-order valence-electron chi connectivity index (χ2n) is 8.89. The minimum atomic E-state index is -1.00. The van der Waals surface area contributed by atoms with Crippen LogP contribution in [0.15, 0.2) is 61.1 Å². The molecule has 0 spiro atoms. The van der Waals surface area contributed by atoms with Crippen LogP contribution >= 0.6 is 0 Å². The molecule has 0 aliphatic rings. The molecular formula is C28H25F2N5O2. The van der Waals surface area contributed by atoms with Crippen molar-refractivity contribution in [2.24, 2.45) is 0 Å². The van der Waals surface area contributed by atoms with Gasteiger partial charge in [0.25, 0.3) is 0 Å². The van der Waals surface area contributed by atoms with E-state index in [4.69, 9.17) is 10.00 Å². The van der Waals surface area contributed by atoms with Gasteiger partial charge >= 0.3 is 0 Å². The summed E-state index contributed by atoms with van der Waals surface area (Å²) in [4.78, 5) is 17.5. The SMILES string of the molecule is Cc1c(CN(C=O)Cc2ccc(-c3cnn(C(C)C)c3)cc2)ccnc1Oc1c(F)cc(C#N)cc1F. The maximum atomic E-state index is 14.3. The van der Waals surface area contributed by atoms with E-state index in [1.54, 1.807) is 24.0 Å². The summed E-state index contributed by atoms with van der Waals surface area (Å²) in [5.41, 5.74) is 4.09. The van der Waals surface area contributed by atoms with Crippen molar-refractivity contribution in [2.45, 2.75) is 39.9 Å². The molecule has 2 aromatic carbocycles. The van der Waals surface area contributed by atoms with Gasteiger partial charge in [-0.25, -0.2) is 13.8 Å². The van der Waals surface area contributed by atoms with Gasteiger partial charge in [0.15, 0.2) is 11.6 Å². The molecule has 0 radical (unpaired) electrons. The van der Waals surface area contributed by atoms with Crippen molar-refractivity contribution in [3.8, 4) is 28.8 Å². The minimum Gasteiger partial charge on any atom is -0.433 e. The summed E-state index contributed by atoms with van der Waals surface area (Å²) >= 11 is 0. The number of carbonyl (C=O) groups is 1. The monoisotopic (exact) mass is 501 g/mol. The molecule has 0 saturated heterocycles. The van der Waals surface area contributed by atoms with Crippen LogP contribution in [0.1, 0.15) is 42.1 Å². The highest BCUT2D eigenvalue weighted by Gasteiger charge is 2.17. The predicted octanol–water partition coefficient (Wildman–Crippen LogP) is 5.94. The first-order chi connectivity index (χ1) is 17.8. The number of hydrogen-bond acceptors (Lipinski definition) is 5. The van der Waals surface area contributed by atoms with Crippen LogP contribution < -0.4 is 4.74 Å². The quantitative estimate of drug-likeness (QED) is 0.265. The van der Waals surface area contributed by atoms with Crippen LogP contribution in [0.5, 0.6) is 11.6 Å². The van der Waals surface area contributed by atoms with E-state index in [0.717, 1.165) is 35.2 Å². The van der Waals surface area contributed by atoms with Crippen molar-refractivity contribution in [2.75, 3.05) is 0 Å². The molecule has 0 aliphatic carbocycles. The van der Waals surface area contributed by atoms with E-state index in [9.17, 15) is 13.6 Å². The number of aromatic nitrogens is 3. The van der Waals surface area contributed by atoms with Crippen LogP contribution in [-0.2, 0) is 17.9 Å². The van der Waals surface area contributed by atoms with Crippen molar-refractivity contribution < 1.29 is 18.3 Å². The molecule has 2 aromatic heterocycles. The number of carbonyl (C=O) groups excluding carboxylic acids is 1. The van der Waals surface area contributed by atoms with E-state index in [-0.39, 0.29) is 24.0 Å². The topological polar surface area (TPSA) is 84.0 Å². The first-order valence-electron chi connectivity index (χ1n) is 11.6. The van der Waals surface area contributed by atoms with Gasteiger partial charge in [-0.15, -0.1) is 0 Å². The second kappa shape index (κ2) is 11.0. The lowest BCUT2D eigenvalue weighted by Gasteiger charge is -2.20. The van der Waals surface area contributed by atoms with Gasteiger partial charge in [-0.3, -0.25) is 9.48 Å². The van der Waals surface area contributed by atoms with E-state index >= 15 is 0 Å². The Labute approximate surface area is 213 Å². The van der Waals surface area contributed by atoms with E-state index in [1.807, 2.05) is 41.3 Å². The number of amides is 1. The Morgan fingerprint density at radius 1 is 1.11 bits per heavy atom. The summed E-state index contributed by atoms with van der Waals surface area (Å²) < 4.78 is 35.9. The van der Waals surface area contributed by atoms with Crippen LogP contribution in [0.25, 0.3) is 11.1 Å². The van der Waals surface area contributed by atoms with E-state index in [2.05, 4.69) is 23.9 Å². The van der Waals surface area contributed by atoms with Crippen molar-refractivity contribution in [3.05, 3.63) is 94.9 Å². The molecule has 188 valence electrons. The molecule has 2 heterocycles. The van der Waals surface area contributed by atoms with Crippen molar-refractivity contribution in [1.29, 1.82) is 5.26 Å². The fourth-order valence-corrected chi connectivity index (χ4v) is 3.80. The zero-order valence-electron chi connectivity index (χ0n) is 20.7. The Balaban J connectivity index is 1.47. The lowest BCUT2D eigenvalue weighted by molar-refractivity contribution is -0.119. The standard InChI is InChI=1S/C28H25F2N5O2/c1-18(2)35-16-24(13-33-35)22-6-4-20(5-7-22)14-34(17-36)15-23-8-9-32-28(19(23)3)37-27-25(29)10-21(12-31)11-26(27)30/h4-11,13,16-18H,14-15H2,1-3H3. The highest BCUT2D eigenvalue weighted by molar-refractivity contribution is 5.62. The van der Waals surface area contributed by atoms with Gasteiger partial charge in [0, 0.05) is 42.7 Å². The zero-order chi connectivity index (χ0) is 26.5. The Hall–Kier alpha value is -4.58. The average molecular weight is 502 g/mol. The number of halogens is 2. The summed E-state index contributed by atoms with van der Waals surface area (Å²) in [6.45, 7) is 6.45. The number of ether oxygens (including phenoxy) is 1. The molecule has 9 heteroatoms. The molecule has 0 unspecified atom stereocenters. The molecule has 0 N–H and O–H groups in total. The van der Waals surface area contributed by atoms with Gasteiger partial charge in [-0.05, 0) is 55.7 Å². The molecule has 0 aliphatic heterocycles. The van der Waals surface area contributed by atoms with Crippen molar-refractivity contribution in [1.82, 2.24) is 19.7 Å². The number of pyridine rings is 1. The molecule has 7 nitrogen and oxygen atoms in total. The number of benzene rings is 2. The van der Waals surface area contributed by atoms with Gasteiger partial charge in [0.1, 0.15) is 0 Å². The number of nitriles is 1. The van der Waals surface area contributed by atoms with E-state index in [0.29, 0.717) is 17.7 Å². The molecule has 0 atom stereocenters. The first-order valence-corrected chi connectivity index (χ1v) is 11.6. The van der Waals surface area contributed by atoms with E-state index < -0.39 is 17.4 Å². The molecule has 0 bridgehead atoms. The maximum absolute atomic E-state index is 14.3. The third-order valence-corrected chi connectivity index (χ3v) is 5.92. The molecule has 4 aromatic rings. The summed E-state index contributed by atoms with van der Waals surface area (Å²) in [6.07, 6.45) is 6.03. The van der Waals surface area contributed by atoms with Gasteiger partial charge in [0.05, 0.1) is 17.8 Å². The summed E-state index contributed by atoms with van der Waals surface area (Å²) in [5.74, 6) is -2.63. The molecule has 0 fully saturated rings. The molecule has 4 rings (SSSR count). The van der Waals surface area contributed by atoms with Gasteiger partial charge in [0.2, 0.25) is 18.0 Å². The Bertz CT molecular complexity index is 1440. The molecule has 0 saturated carbocycles. The first kappa shape index (κ1) is 25.5.